The molecule has 0 heterocycles. The van der Waals surface area contributed by atoms with E-state index in [0.717, 1.165) is 29.4 Å². The first-order valence-electron chi connectivity index (χ1n) is 8.44. The highest BCUT2D eigenvalue weighted by atomic mass is 79.9. The summed E-state index contributed by atoms with van der Waals surface area (Å²) in [6.07, 6.45) is 4.09. The van der Waals surface area contributed by atoms with Crippen LogP contribution in [0.3, 0.4) is 0 Å². The minimum atomic E-state index is -0.771. The van der Waals surface area contributed by atoms with Gasteiger partial charge in [0.15, 0.2) is 0 Å². The van der Waals surface area contributed by atoms with Gasteiger partial charge in [-0.2, -0.15) is 0 Å². The van der Waals surface area contributed by atoms with E-state index in [4.69, 9.17) is 5.11 Å². The first-order chi connectivity index (χ1) is 11.4. The highest BCUT2D eigenvalue weighted by molar-refractivity contribution is 9.10. The number of hydrogen-bond acceptors (Lipinski definition) is 3. The number of carboxylic acid groups (broad SMARTS) is 1. The molecule has 2 saturated carbocycles. The summed E-state index contributed by atoms with van der Waals surface area (Å²) in [4.78, 5) is 25.5. The van der Waals surface area contributed by atoms with Crippen molar-refractivity contribution in [1.82, 2.24) is 10.2 Å². The second-order valence-electron chi connectivity index (χ2n) is 7.08. The predicted octanol–water partition coefficient (Wildman–Crippen LogP) is 2.81. The quantitative estimate of drug-likeness (QED) is 0.745. The largest absolute Gasteiger partial charge is 0.480 e. The Hall–Kier alpha value is -1.40. The smallest absolute Gasteiger partial charge is 0.317 e. The standard InChI is InChI=1S/C18H23BrN2O3/c1-11-4-13(6-14(19)5-11)18(24)20-15-7-16(8-15)21(10-17(22)23)9-12-2-3-12/h4-6,12,15-16H,2-3,7-10H2,1H3,(H,20,24)(H,22,23). The zero-order chi connectivity index (χ0) is 17.3. The Morgan fingerprint density at radius 2 is 2.00 bits per heavy atom. The molecule has 0 bridgehead atoms. The van der Waals surface area contributed by atoms with Crippen LogP contribution in [0.4, 0.5) is 0 Å². The van der Waals surface area contributed by atoms with Gasteiger partial charge in [0.25, 0.3) is 5.91 Å². The molecule has 2 aliphatic rings. The Bertz CT molecular complexity index is 619. The summed E-state index contributed by atoms with van der Waals surface area (Å²) in [7, 11) is 0. The van der Waals surface area contributed by atoms with Crippen molar-refractivity contribution in [2.75, 3.05) is 13.1 Å². The first kappa shape index (κ1) is 17.4. The Balaban J connectivity index is 1.51. The molecule has 0 aliphatic heterocycles. The third kappa shape index (κ3) is 4.57. The molecule has 1 aromatic rings. The number of hydrogen-bond donors (Lipinski definition) is 2. The third-order valence-corrected chi connectivity index (χ3v) is 5.25. The highest BCUT2D eigenvalue weighted by Gasteiger charge is 2.37. The molecule has 24 heavy (non-hydrogen) atoms. The average molecular weight is 395 g/mol. The fourth-order valence-electron chi connectivity index (χ4n) is 3.29. The first-order valence-corrected chi connectivity index (χ1v) is 9.24. The fraction of sp³-hybridized carbons (Fsp3) is 0.556. The molecule has 0 spiro atoms. The number of nitrogens with zero attached hydrogens (tertiary/aromatic N) is 1. The average Bonchev–Trinajstić information content (AvgIpc) is 3.23. The maximum atomic E-state index is 12.4. The molecule has 0 unspecified atom stereocenters. The molecule has 2 aliphatic carbocycles. The molecule has 0 saturated heterocycles. The summed E-state index contributed by atoms with van der Waals surface area (Å²) in [5.41, 5.74) is 1.70. The van der Waals surface area contributed by atoms with E-state index in [0.29, 0.717) is 11.5 Å². The minimum absolute atomic E-state index is 0.0603. The number of carbonyl (C=O) groups is 2. The maximum Gasteiger partial charge on any atom is 0.317 e. The zero-order valence-corrected chi connectivity index (χ0v) is 15.4. The predicted molar refractivity (Wildman–Crippen MR) is 95.1 cm³/mol. The van der Waals surface area contributed by atoms with Crippen LogP contribution in [-0.2, 0) is 4.79 Å². The molecular formula is C18H23BrN2O3. The van der Waals surface area contributed by atoms with Crippen LogP contribution in [0.1, 0.15) is 41.6 Å². The number of carboxylic acids is 1. The molecule has 0 radical (unpaired) electrons. The van der Waals surface area contributed by atoms with Crippen LogP contribution in [-0.4, -0.2) is 47.1 Å². The molecule has 0 atom stereocenters. The maximum absolute atomic E-state index is 12.4. The molecular weight excluding hydrogens is 372 g/mol. The van der Waals surface area contributed by atoms with Gasteiger partial charge in [0.2, 0.25) is 0 Å². The van der Waals surface area contributed by atoms with Crippen LogP contribution >= 0.6 is 15.9 Å². The number of aliphatic carboxylic acids is 1. The van der Waals surface area contributed by atoms with Gasteiger partial charge in [-0.1, -0.05) is 15.9 Å². The van der Waals surface area contributed by atoms with Crippen molar-refractivity contribution in [2.45, 2.75) is 44.7 Å². The van der Waals surface area contributed by atoms with Crippen LogP contribution in [0.25, 0.3) is 0 Å². The lowest BCUT2D eigenvalue weighted by molar-refractivity contribution is -0.139. The Morgan fingerprint density at radius 1 is 1.29 bits per heavy atom. The van der Waals surface area contributed by atoms with Crippen molar-refractivity contribution in [2.24, 2.45) is 5.92 Å². The molecule has 5 nitrogen and oxygen atoms in total. The second kappa shape index (κ2) is 7.23. The van der Waals surface area contributed by atoms with E-state index in [1.54, 1.807) is 0 Å². The van der Waals surface area contributed by atoms with E-state index in [9.17, 15) is 9.59 Å². The van der Waals surface area contributed by atoms with E-state index in [1.807, 2.05) is 25.1 Å². The third-order valence-electron chi connectivity index (χ3n) is 4.80. The molecule has 2 N–H and O–H groups in total. The van der Waals surface area contributed by atoms with Gasteiger partial charge < -0.3 is 10.4 Å². The second-order valence-corrected chi connectivity index (χ2v) is 8.00. The Morgan fingerprint density at radius 3 is 2.58 bits per heavy atom. The van der Waals surface area contributed by atoms with Gasteiger partial charge in [-0.3, -0.25) is 14.5 Å². The number of rotatable bonds is 7. The van der Waals surface area contributed by atoms with E-state index in [-0.39, 0.29) is 24.5 Å². The van der Waals surface area contributed by atoms with Gasteiger partial charge in [-0.25, -0.2) is 0 Å². The lowest BCUT2D eigenvalue weighted by Gasteiger charge is -2.42. The van der Waals surface area contributed by atoms with E-state index >= 15 is 0 Å². The minimum Gasteiger partial charge on any atom is -0.480 e. The summed E-state index contributed by atoms with van der Waals surface area (Å²) < 4.78 is 0.899. The topological polar surface area (TPSA) is 69.6 Å². The van der Waals surface area contributed by atoms with Crippen LogP contribution in [0.15, 0.2) is 22.7 Å². The van der Waals surface area contributed by atoms with Crippen molar-refractivity contribution in [3.05, 3.63) is 33.8 Å². The lowest BCUT2D eigenvalue weighted by atomic mass is 9.85. The molecule has 1 aromatic carbocycles. The van der Waals surface area contributed by atoms with Crippen molar-refractivity contribution >= 4 is 27.8 Å². The van der Waals surface area contributed by atoms with Gasteiger partial charge in [0.1, 0.15) is 0 Å². The van der Waals surface area contributed by atoms with E-state index < -0.39 is 5.97 Å². The van der Waals surface area contributed by atoms with Crippen LogP contribution in [0, 0.1) is 12.8 Å². The van der Waals surface area contributed by atoms with E-state index in [2.05, 4.69) is 26.1 Å². The van der Waals surface area contributed by atoms with Crippen molar-refractivity contribution in [3.8, 4) is 0 Å². The molecule has 0 aromatic heterocycles. The lowest BCUT2D eigenvalue weighted by Crippen LogP contribution is -2.55. The zero-order valence-electron chi connectivity index (χ0n) is 13.8. The molecule has 2 fully saturated rings. The van der Waals surface area contributed by atoms with Gasteiger partial charge in [0.05, 0.1) is 6.54 Å². The van der Waals surface area contributed by atoms with Crippen molar-refractivity contribution < 1.29 is 14.7 Å². The Kier molecular flexibility index (Phi) is 5.25. The number of benzene rings is 1. The monoisotopic (exact) mass is 394 g/mol. The van der Waals surface area contributed by atoms with Crippen molar-refractivity contribution in [1.29, 1.82) is 0 Å². The number of amides is 1. The summed E-state index contributed by atoms with van der Waals surface area (Å²) in [6, 6.07) is 6.08. The van der Waals surface area contributed by atoms with Crippen molar-refractivity contribution in [3.63, 3.8) is 0 Å². The van der Waals surface area contributed by atoms with Gasteiger partial charge in [-0.05, 0) is 62.3 Å². The summed E-state index contributed by atoms with van der Waals surface area (Å²) in [6.45, 7) is 2.94. The number of carbonyl (C=O) groups excluding carboxylic acids is 1. The van der Waals surface area contributed by atoms with Gasteiger partial charge in [-0.15, -0.1) is 0 Å². The molecule has 1 amide bonds. The normalized spacial score (nSPS) is 23.0. The highest BCUT2D eigenvalue weighted by Crippen LogP contribution is 2.33. The van der Waals surface area contributed by atoms with Gasteiger partial charge in [0, 0.05) is 28.7 Å². The molecule has 6 heteroatoms. The summed E-state index contributed by atoms with van der Waals surface area (Å²) in [5, 5.41) is 12.1. The summed E-state index contributed by atoms with van der Waals surface area (Å²) in [5.74, 6) is -0.162. The number of nitrogens with one attached hydrogen (secondary N) is 1. The van der Waals surface area contributed by atoms with Gasteiger partial charge >= 0.3 is 5.97 Å². The van der Waals surface area contributed by atoms with E-state index in [1.165, 1.54) is 12.8 Å². The SMILES string of the molecule is Cc1cc(Br)cc(C(=O)NC2CC(N(CC(=O)O)CC3CC3)C2)c1. The fourth-order valence-corrected chi connectivity index (χ4v) is 3.90. The molecule has 3 rings (SSSR count). The number of aryl methyl sites for hydroxylation is 1. The van der Waals surface area contributed by atoms with Crippen LogP contribution in [0.2, 0.25) is 0 Å². The summed E-state index contributed by atoms with van der Waals surface area (Å²) >= 11 is 3.42. The Labute approximate surface area is 150 Å². The van der Waals surface area contributed by atoms with Crippen LogP contribution < -0.4 is 5.32 Å². The van der Waals surface area contributed by atoms with Crippen LogP contribution in [0.5, 0.6) is 0 Å². The molecule has 130 valence electrons. The number of halogens is 1.